The Morgan fingerprint density at radius 3 is 2.47 bits per heavy atom. The molecule has 0 aliphatic heterocycles. The van der Waals surface area contributed by atoms with Crippen LogP contribution < -0.4 is 0 Å². The van der Waals surface area contributed by atoms with Gasteiger partial charge in [-0.1, -0.05) is 0 Å². The second-order valence-corrected chi connectivity index (χ2v) is 3.50. The zero-order valence-electron chi connectivity index (χ0n) is 7.70. The van der Waals surface area contributed by atoms with Crippen molar-refractivity contribution in [2.45, 2.75) is 24.9 Å². The number of fused-ring (bicyclic) bond motifs is 1. The minimum Gasteiger partial charge on any atom is -0.266 e. The molecule has 1 aromatic rings. The van der Waals surface area contributed by atoms with E-state index < -0.39 is 29.9 Å². The van der Waals surface area contributed by atoms with Gasteiger partial charge in [-0.3, -0.25) is 4.68 Å². The Balaban J connectivity index is 2.62. The Labute approximate surface area is 81.7 Å². The molecule has 1 aliphatic rings. The number of hydrogen-bond acceptors (Lipinski definition) is 1. The fourth-order valence-electron chi connectivity index (χ4n) is 1.89. The van der Waals surface area contributed by atoms with Crippen molar-refractivity contribution < 1.29 is 22.0 Å². The first-order chi connectivity index (χ1) is 6.73. The Morgan fingerprint density at radius 2 is 1.93 bits per heavy atom. The highest BCUT2D eigenvalue weighted by Gasteiger charge is 2.49. The van der Waals surface area contributed by atoms with Crippen LogP contribution in [-0.4, -0.2) is 9.78 Å². The van der Waals surface area contributed by atoms with Gasteiger partial charge in [-0.05, 0) is 6.42 Å². The predicted octanol–water partition coefficient (Wildman–Crippen LogP) is 2.48. The molecule has 0 bridgehead atoms. The average molecular weight is 226 g/mol. The third kappa shape index (κ3) is 1.40. The summed E-state index contributed by atoms with van der Waals surface area (Å²) in [7, 11) is 1.10. The van der Waals surface area contributed by atoms with Crippen LogP contribution in [0.15, 0.2) is 0 Å². The largest absolute Gasteiger partial charge is 0.435 e. The smallest absolute Gasteiger partial charge is 0.266 e. The first-order valence-corrected chi connectivity index (χ1v) is 4.25. The van der Waals surface area contributed by atoms with E-state index in [-0.39, 0.29) is 12.0 Å². The molecule has 1 aliphatic carbocycles. The van der Waals surface area contributed by atoms with Gasteiger partial charge in [0.2, 0.25) is 0 Å². The van der Waals surface area contributed by atoms with Crippen LogP contribution in [0.1, 0.15) is 23.4 Å². The van der Waals surface area contributed by atoms with Gasteiger partial charge in [0.15, 0.2) is 5.69 Å². The molecule has 15 heavy (non-hydrogen) atoms. The number of halogens is 5. The summed E-state index contributed by atoms with van der Waals surface area (Å²) >= 11 is 0. The first-order valence-electron chi connectivity index (χ1n) is 4.25. The van der Waals surface area contributed by atoms with Crippen LogP contribution in [0.4, 0.5) is 22.0 Å². The van der Waals surface area contributed by atoms with Gasteiger partial charge in [-0.2, -0.15) is 27.1 Å². The fourth-order valence-corrected chi connectivity index (χ4v) is 1.89. The zero-order chi connectivity index (χ0) is 11.4. The van der Waals surface area contributed by atoms with Crippen molar-refractivity contribution in [1.82, 2.24) is 9.78 Å². The van der Waals surface area contributed by atoms with Gasteiger partial charge < -0.3 is 0 Å². The maximum absolute atomic E-state index is 13.2. The second-order valence-electron chi connectivity index (χ2n) is 3.50. The standard InChI is InChI=1S/C8H7F5N2/c1-15-6-4(2-3-7(6,9)10)5(14-15)8(11,12)13/h2-3H2,1H3. The molecule has 0 N–H and O–H groups in total. The maximum atomic E-state index is 13.2. The first kappa shape index (κ1) is 10.4. The highest BCUT2D eigenvalue weighted by Crippen LogP contribution is 2.45. The molecule has 0 amide bonds. The molecular weight excluding hydrogens is 219 g/mol. The third-order valence-electron chi connectivity index (χ3n) is 2.45. The quantitative estimate of drug-likeness (QED) is 0.621. The highest BCUT2D eigenvalue weighted by atomic mass is 19.4. The van der Waals surface area contributed by atoms with E-state index in [1.807, 2.05) is 0 Å². The lowest BCUT2D eigenvalue weighted by atomic mass is 10.2. The van der Waals surface area contributed by atoms with Crippen molar-refractivity contribution >= 4 is 0 Å². The van der Waals surface area contributed by atoms with E-state index >= 15 is 0 Å². The normalized spacial score (nSPS) is 19.3. The molecule has 0 aromatic carbocycles. The molecule has 2 nitrogen and oxygen atoms in total. The van der Waals surface area contributed by atoms with Crippen LogP contribution in [0, 0.1) is 0 Å². The van der Waals surface area contributed by atoms with E-state index in [1.165, 1.54) is 0 Å². The molecule has 0 fully saturated rings. The molecule has 0 radical (unpaired) electrons. The summed E-state index contributed by atoms with van der Waals surface area (Å²) in [4.78, 5) is 0. The zero-order valence-corrected chi connectivity index (χ0v) is 7.70. The Bertz CT molecular complexity index is 404. The minimum absolute atomic E-state index is 0.273. The van der Waals surface area contributed by atoms with Crippen LogP contribution >= 0.6 is 0 Å². The minimum atomic E-state index is -4.66. The summed E-state index contributed by atoms with van der Waals surface area (Å²) in [6.07, 6.45) is -5.51. The fraction of sp³-hybridized carbons (Fsp3) is 0.625. The topological polar surface area (TPSA) is 17.8 Å². The monoisotopic (exact) mass is 226 g/mol. The van der Waals surface area contributed by atoms with Crippen molar-refractivity contribution in [3.63, 3.8) is 0 Å². The van der Waals surface area contributed by atoms with Crippen LogP contribution in [0.25, 0.3) is 0 Å². The maximum Gasteiger partial charge on any atom is 0.435 e. The predicted molar refractivity (Wildman–Crippen MR) is 40.4 cm³/mol. The van der Waals surface area contributed by atoms with Gasteiger partial charge in [0.25, 0.3) is 5.92 Å². The highest BCUT2D eigenvalue weighted by molar-refractivity contribution is 5.35. The summed E-state index contributed by atoms with van der Waals surface area (Å²) in [5, 5.41) is 3.11. The van der Waals surface area contributed by atoms with E-state index in [1.54, 1.807) is 0 Å². The molecule has 0 unspecified atom stereocenters. The second kappa shape index (κ2) is 2.70. The third-order valence-corrected chi connectivity index (χ3v) is 2.45. The number of alkyl halides is 5. The lowest BCUT2D eigenvalue weighted by Gasteiger charge is -2.09. The molecule has 84 valence electrons. The summed E-state index contributed by atoms with van der Waals surface area (Å²) in [6, 6.07) is 0. The van der Waals surface area contributed by atoms with E-state index in [2.05, 4.69) is 5.10 Å². The number of aryl methyl sites for hydroxylation is 1. The van der Waals surface area contributed by atoms with Crippen LogP contribution in [-0.2, 0) is 25.6 Å². The lowest BCUT2D eigenvalue weighted by molar-refractivity contribution is -0.142. The van der Waals surface area contributed by atoms with E-state index in [0.29, 0.717) is 4.68 Å². The van der Waals surface area contributed by atoms with Crippen molar-refractivity contribution in [3.05, 3.63) is 17.0 Å². The van der Waals surface area contributed by atoms with Crippen molar-refractivity contribution in [1.29, 1.82) is 0 Å². The van der Waals surface area contributed by atoms with Gasteiger partial charge in [0.1, 0.15) is 5.69 Å². The van der Waals surface area contributed by atoms with Gasteiger partial charge in [-0.15, -0.1) is 0 Å². The average Bonchev–Trinajstić information content (AvgIpc) is 2.51. The molecule has 2 rings (SSSR count). The molecule has 0 spiro atoms. The SMILES string of the molecule is Cn1nc(C(F)(F)F)c2c1C(F)(F)CC2. The van der Waals surface area contributed by atoms with E-state index in [9.17, 15) is 22.0 Å². The Hall–Kier alpha value is -1.14. The molecule has 0 atom stereocenters. The number of aromatic nitrogens is 2. The van der Waals surface area contributed by atoms with Gasteiger partial charge >= 0.3 is 6.18 Å². The summed E-state index contributed by atoms with van der Waals surface area (Å²) < 4.78 is 64.1. The van der Waals surface area contributed by atoms with Crippen molar-refractivity contribution in [2.75, 3.05) is 0 Å². The van der Waals surface area contributed by atoms with Crippen LogP contribution in [0.2, 0.25) is 0 Å². The molecule has 0 saturated heterocycles. The Kier molecular flexibility index (Phi) is 1.87. The van der Waals surface area contributed by atoms with E-state index in [0.717, 1.165) is 7.05 Å². The van der Waals surface area contributed by atoms with Gasteiger partial charge in [0, 0.05) is 19.0 Å². The lowest BCUT2D eigenvalue weighted by Crippen LogP contribution is -2.14. The van der Waals surface area contributed by atoms with Crippen LogP contribution in [0.5, 0.6) is 0 Å². The molecular formula is C8H7F5N2. The Morgan fingerprint density at radius 1 is 1.33 bits per heavy atom. The van der Waals surface area contributed by atoms with Gasteiger partial charge in [-0.25, -0.2) is 0 Å². The molecule has 7 heteroatoms. The van der Waals surface area contributed by atoms with Crippen molar-refractivity contribution in [2.24, 2.45) is 7.05 Å². The number of rotatable bonds is 0. The van der Waals surface area contributed by atoms with E-state index in [4.69, 9.17) is 0 Å². The molecule has 1 heterocycles. The molecule has 0 saturated carbocycles. The van der Waals surface area contributed by atoms with Crippen LogP contribution in [0.3, 0.4) is 0 Å². The summed E-state index contributed by atoms with van der Waals surface area (Å²) in [6.45, 7) is 0. The van der Waals surface area contributed by atoms with Crippen molar-refractivity contribution in [3.8, 4) is 0 Å². The number of hydrogen-bond donors (Lipinski definition) is 0. The van der Waals surface area contributed by atoms with Gasteiger partial charge in [0.05, 0.1) is 0 Å². The summed E-state index contributed by atoms with van der Waals surface area (Å²) in [5.74, 6) is -3.19. The summed E-state index contributed by atoms with van der Waals surface area (Å²) in [5.41, 5.74) is -2.15. The number of nitrogens with zero attached hydrogens (tertiary/aromatic N) is 2. The molecule has 1 aromatic heterocycles.